The van der Waals surface area contributed by atoms with Crippen molar-refractivity contribution >= 4 is 11.9 Å². The maximum Gasteiger partial charge on any atom is 0.335 e. The average molecular weight is 287 g/mol. The predicted octanol–water partition coefficient (Wildman–Crippen LogP) is 2.28. The van der Waals surface area contributed by atoms with Crippen LogP contribution < -0.4 is 0 Å². The summed E-state index contributed by atoms with van der Waals surface area (Å²) in [6, 6.07) is 0.113. The first-order valence-electron chi connectivity index (χ1n) is 7.44. The molecule has 2 unspecified atom stereocenters. The van der Waals surface area contributed by atoms with E-state index in [0.29, 0.717) is 12.5 Å². The lowest BCUT2D eigenvalue weighted by Crippen LogP contribution is -2.44. The van der Waals surface area contributed by atoms with E-state index in [4.69, 9.17) is 5.11 Å². The zero-order valence-corrected chi connectivity index (χ0v) is 13.3. The predicted molar refractivity (Wildman–Crippen MR) is 78.4 cm³/mol. The highest BCUT2D eigenvalue weighted by atomic mass is 16.4. The van der Waals surface area contributed by atoms with Gasteiger partial charge in [0.2, 0.25) is 5.91 Å². The minimum atomic E-state index is -1.80. The van der Waals surface area contributed by atoms with Gasteiger partial charge in [-0.1, -0.05) is 27.7 Å². The minimum Gasteiger partial charge on any atom is -0.479 e. The van der Waals surface area contributed by atoms with Crippen LogP contribution >= 0.6 is 0 Å². The van der Waals surface area contributed by atoms with Crippen LogP contribution in [0.3, 0.4) is 0 Å². The second-order valence-electron chi connectivity index (χ2n) is 5.76. The van der Waals surface area contributed by atoms with Gasteiger partial charge in [-0.25, -0.2) is 4.79 Å². The molecule has 2 atom stereocenters. The standard InChI is InChI=1S/C15H29NO4/c1-6-10-16(12(5)11(3)4)13(17)8-9-15(20,7-2)14(18)19/h11-12,20H,6-10H2,1-5H3,(H,18,19). The van der Waals surface area contributed by atoms with Crippen molar-refractivity contribution in [1.29, 1.82) is 0 Å². The summed E-state index contributed by atoms with van der Waals surface area (Å²) in [4.78, 5) is 25.1. The van der Waals surface area contributed by atoms with Crippen molar-refractivity contribution in [1.82, 2.24) is 4.90 Å². The summed E-state index contributed by atoms with van der Waals surface area (Å²) >= 11 is 0. The molecular weight excluding hydrogens is 258 g/mol. The Hall–Kier alpha value is -1.10. The van der Waals surface area contributed by atoms with E-state index in [1.165, 1.54) is 0 Å². The Morgan fingerprint density at radius 1 is 1.20 bits per heavy atom. The van der Waals surface area contributed by atoms with Gasteiger partial charge < -0.3 is 15.1 Å². The molecule has 1 amide bonds. The largest absolute Gasteiger partial charge is 0.479 e. The minimum absolute atomic E-state index is 0.0390. The third-order valence-electron chi connectivity index (χ3n) is 3.98. The van der Waals surface area contributed by atoms with Gasteiger partial charge in [-0.2, -0.15) is 0 Å². The van der Waals surface area contributed by atoms with E-state index in [1.54, 1.807) is 11.8 Å². The van der Waals surface area contributed by atoms with Crippen molar-refractivity contribution < 1.29 is 19.8 Å². The summed E-state index contributed by atoms with van der Waals surface area (Å²) in [5, 5.41) is 18.9. The molecule has 118 valence electrons. The molecule has 0 aliphatic carbocycles. The van der Waals surface area contributed by atoms with Crippen LogP contribution in [0.15, 0.2) is 0 Å². The average Bonchev–Trinajstić information content (AvgIpc) is 2.40. The molecule has 0 aliphatic rings. The zero-order valence-electron chi connectivity index (χ0n) is 13.3. The van der Waals surface area contributed by atoms with E-state index in [2.05, 4.69) is 13.8 Å². The van der Waals surface area contributed by atoms with Gasteiger partial charge in [0.15, 0.2) is 5.60 Å². The van der Waals surface area contributed by atoms with E-state index in [9.17, 15) is 14.7 Å². The summed E-state index contributed by atoms with van der Waals surface area (Å²) < 4.78 is 0. The van der Waals surface area contributed by atoms with Crippen molar-refractivity contribution in [2.45, 2.75) is 71.9 Å². The van der Waals surface area contributed by atoms with E-state index in [-0.39, 0.29) is 31.2 Å². The molecular formula is C15H29NO4. The monoisotopic (exact) mass is 287 g/mol. The summed E-state index contributed by atoms with van der Waals surface area (Å²) in [6.07, 6.45) is 0.985. The molecule has 0 aromatic heterocycles. The van der Waals surface area contributed by atoms with E-state index in [1.807, 2.05) is 13.8 Å². The Bertz CT molecular complexity index is 330. The molecule has 0 bridgehead atoms. The molecule has 0 aromatic rings. The number of carboxylic acids is 1. The smallest absolute Gasteiger partial charge is 0.335 e. The van der Waals surface area contributed by atoms with Crippen molar-refractivity contribution in [3.8, 4) is 0 Å². The SMILES string of the molecule is CCCN(C(=O)CCC(O)(CC)C(=O)O)C(C)C(C)C. The van der Waals surface area contributed by atoms with Crippen LogP contribution in [0.2, 0.25) is 0 Å². The fraction of sp³-hybridized carbons (Fsp3) is 0.867. The van der Waals surface area contributed by atoms with Gasteiger partial charge in [0.1, 0.15) is 0 Å². The van der Waals surface area contributed by atoms with Gasteiger partial charge >= 0.3 is 5.97 Å². The molecule has 2 N–H and O–H groups in total. The number of carboxylic acid groups (broad SMARTS) is 1. The van der Waals surface area contributed by atoms with E-state index >= 15 is 0 Å². The van der Waals surface area contributed by atoms with Crippen LogP contribution in [0.5, 0.6) is 0 Å². The number of nitrogens with zero attached hydrogens (tertiary/aromatic N) is 1. The van der Waals surface area contributed by atoms with Crippen LogP contribution in [0.4, 0.5) is 0 Å². The Labute approximate surface area is 122 Å². The second-order valence-corrected chi connectivity index (χ2v) is 5.76. The number of hydrogen-bond acceptors (Lipinski definition) is 3. The van der Waals surface area contributed by atoms with E-state index in [0.717, 1.165) is 6.42 Å². The number of rotatable bonds is 9. The van der Waals surface area contributed by atoms with Gasteiger partial charge in [0.25, 0.3) is 0 Å². The van der Waals surface area contributed by atoms with Crippen LogP contribution in [-0.2, 0) is 9.59 Å². The summed E-state index contributed by atoms with van der Waals surface area (Å²) in [5.74, 6) is -0.997. The Morgan fingerprint density at radius 3 is 2.10 bits per heavy atom. The third kappa shape index (κ3) is 5.12. The van der Waals surface area contributed by atoms with Gasteiger partial charge in [-0.3, -0.25) is 4.79 Å². The molecule has 0 fully saturated rings. The molecule has 0 saturated heterocycles. The molecule has 0 aliphatic heterocycles. The number of amides is 1. The van der Waals surface area contributed by atoms with Crippen molar-refractivity contribution in [2.24, 2.45) is 5.92 Å². The lowest BCUT2D eigenvalue weighted by molar-refractivity contribution is -0.160. The molecule has 0 rings (SSSR count). The fourth-order valence-corrected chi connectivity index (χ4v) is 2.05. The van der Waals surface area contributed by atoms with E-state index < -0.39 is 11.6 Å². The van der Waals surface area contributed by atoms with Gasteiger partial charge in [0.05, 0.1) is 0 Å². The molecule has 0 heterocycles. The van der Waals surface area contributed by atoms with Crippen LogP contribution in [0.1, 0.15) is 60.3 Å². The molecule has 5 nitrogen and oxygen atoms in total. The molecule has 5 heteroatoms. The fourth-order valence-electron chi connectivity index (χ4n) is 2.05. The molecule has 0 spiro atoms. The highest BCUT2D eigenvalue weighted by molar-refractivity contribution is 5.80. The Balaban J connectivity index is 4.73. The quantitative estimate of drug-likeness (QED) is 0.682. The Morgan fingerprint density at radius 2 is 1.75 bits per heavy atom. The summed E-state index contributed by atoms with van der Waals surface area (Å²) in [6.45, 7) is 10.4. The third-order valence-corrected chi connectivity index (χ3v) is 3.98. The van der Waals surface area contributed by atoms with Crippen molar-refractivity contribution in [2.75, 3.05) is 6.54 Å². The van der Waals surface area contributed by atoms with Crippen molar-refractivity contribution in [3.05, 3.63) is 0 Å². The lowest BCUT2D eigenvalue weighted by atomic mass is 9.94. The molecule has 20 heavy (non-hydrogen) atoms. The second kappa shape index (κ2) is 8.25. The van der Waals surface area contributed by atoms with Crippen LogP contribution in [0, 0.1) is 5.92 Å². The van der Waals surface area contributed by atoms with Crippen molar-refractivity contribution in [3.63, 3.8) is 0 Å². The topological polar surface area (TPSA) is 77.8 Å². The number of hydrogen-bond donors (Lipinski definition) is 2. The van der Waals surface area contributed by atoms with Crippen LogP contribution in [-0.4, -0.2) is 45.2 Å². The van der Waals surface area contributed by atoms with Gasteiger partial charge in [-0.05, 0) is 32.1 Å². The maximum absolute atomic E-state index is 12.3. The zero-order chi connectivity index (χ0) is 15.9. The normalized spacial score (nSPS) is 15.8. The Kier molecular flexibility index (Phi) is 7.79. The maximum atomic E-state index is 12.3. The number of carbonyl (C=O) groups excluding carboxylic acids is 1. The summed E-state index contributed by atoms with van der Waals surface area (Å²) in [5.41, 5.74) is -1.80. The molecule has 0 radical (unpaired) electrons. The van der Waals surface area contributed by atoms with Gasteiger partial charge in [-0.15, -0.1) is 0 Å². The van der Waals surface area contributed by atoms with Crippen LogP contribution in [0.25, 0.3) is 0 Å². The molecule has 0 saturated carbocycles. The number of carbonyl (C=O) groups is 2. The number of aliphatic hydroxyl groups is 1. The van der Waals surface area contributed by atoms with Gasteiger partial charge in [0, 0.05) is 19.0 Å². The first kappa shape index (κ1) is 18.9. The highest BCUT2D eigenvalue weighted by Crippen LogP contribution is 2.20. The first-order chi connectivity index (χ1) is 9.19. The highest BCUT2D eigenvalue weighted by Gasteiger charge is 2.35. The molecule has 0 aromatic carbocycles. The summed E-state index contributed by atoms with van der Waals surface area (Å²) in [7, 11) is 0. The lowest BCUT2D eigenvalue weighted by Gasteiger charge is -2.32. The number of aliphatic carboxylic acids is 1. The first-order valence-corrected chi connectivity index (χ1v) is 7.44.